The van der Waals surface area contributed by atoms with Crippen LogP contribution in [0.5, 0.6) is 5.75 Å². The van der Waals surface area contributed by atoms with E-state index in [1.807, 2.05) is 30.5 Å². The summed E-state index contributed by atoms with van der Waals surface area (Å²) in [5.41, 5.74) is 4.75. The quantitative estimate of drug-likeness (QED) is 0.716. The molecule has 2 aromatic heterocycles. The molecule has 1 N–H and O–H groups in total. The Morgan fingerprint density at radius 3 is 3.00 bits per heavy atom. The van der Waals surface area contributed by atoms with E-state index >= 15 is 0 Å². The molecule has 3 aromatic rings. The van der Waals surface area contributed by atoms with Crippen molar-refractivity contribution in [3.8, 4) is 5.75 Å². The molecule has 0 spiro atoms. The van der Waals surface area contributed by atoms with Crippen molar-refractivity contribution in [2.75, 3.05) is 20.2 Å². The third kappa shape index (κ3) is 4.15. The molecule has 0 aliphatic carbocycles. The zero-order chi connectivity index (χ0) is 18.6. The van der Waals surface area contributed by atoms with Gasteiger partial charge in [-0.25, -0.2) is 0 Å². The predicted octanol–water partition coefficient (Wildman–Crippen LogP) is 4.06. The number of nitrogens with zero attached hydrogens (tertiary/aromatic N) is 2. The Bertz CT molecular complexity index is 891. The summed E-state index contributed by atoms with van der Waals surface area (Å²) in [6.45, 7) is 5.77. The number of aromatic nitrogens is 2. The van der Waals surface area contributed by atoms with Crippen LogP contribution in [0, 0.1) is 6.92 Å². The fourth-order valence-electron chi connectivity index (χ4n) is 3.85. The summed E-state index contributed by atoms with van der Waals surface area (Å²) in [4.78, 5) is 10.4. The third-order valence-corrected chi connectivity index (χ3v) is 5.41. The molecule has 142 valence electrons. The summed E-state index contributed by atoms with van der Waals surface area (Å²) in [6.07, 6.45) is 4.37. The van der Waals surface area contributed by atoms with Crippen molar-refractivity contribution in [2.24, 2.45) is 0 Å². The van der Waals surface area contributed by atoms with Gasteiger partial charge in [0.2, 0.25) is 0 Å². The summed E-state index contributed by atoms with van der Waals surface area (Å²) in [7, 11) is 1.71. The van der Waals surface area contributed by atoms with Crippen molar-refractivity contribution >= 4 is 10.9 Å². The van der Waals surface area contributed by atoms with E-state index in [0.29, 0.717) is 6.61 Å². The number of aryl methyl sites for hydroxylation is 1. The van der Waals surface area contributed by atoms with Gasteiger partial charge in [0.1, 0.15) is 5.75 Å². The van der Waals surface area contributed by atoms with Gasteiger partial charge in [0.25, 0.3) is 0 Å². The van der Waals surface area contributed by atoms with Crippen molar-refractivity contribution in [3.63, 3.8) is 0 Å². The third-order valence-electron chi connectivity index (χ3n) is 5.41. The van der Waals surface area contributed by atoms with Gasteiger partial charge in [-0.05, 0) is 62.2 Å². The maximum Gasteiger partial charge on any atom is 0.119 e. The fraction of sp³-hybridized carbons (Fsp3) is 0.409. The van der Waals surface area contributed by atoms with E-state index in [1.54, 1.807) is 7.11 Å². The van der Waals surface area contributed by atoms with E-state index in [-0.39, 0.29) is 6.10 Å². The van der Waals surface area contributed by atoms with Crippen LogP contribution in [0.2, 0.25) is 0 Å². The lowest BCUT2D eigenvalue weighted by Gasteiger charge is -2.32. The van der Waals surface area contributed by atoms with Crippen LogP contribution >= 0.6 is 0 Å². The summed E-state index contributed by atoms with van der Waals surface area (Å²) in [6, 6.07) is 12.2. The molecule has 5 nitrogen and oxygen atoms in total. The average Bonchev–Trinajstić information content (AvgIpc) is 3.02. The molecular formula is C22H27N3O2. The molecule has 5 heteroatoms. The minimum atomic E-state index is 0.269. The molecule has 1 saturated heterocycles. The Hall–Kier alpha value is -2.37. The molecule has 27 heavy (non-hydrogen) atoms. The maximum absolute atomic E-state index is 6.13. The number of nitrogens with one attached hydrogen (secondary N) is 1. The molecule has 1 atom stereocenters. The van der Waals surface area contributed by atoms with Gasteiger partial charge in [-0.15, -0.1) is 0 Å². The minimum absolute atomic E-state index is 0.269. The maximum atomic E-state index is 6.13. The molecule has 1 fully saturated rings. The number of benzene rings is 1. The van der Waals surface area contributed by atoms with E-state index in [1.165, 1.54) is 28.6 Å². The fourth-order valence-corrected chi connectivity index (χ4v) is 3.85. The van der Waals surface area contributed by atoms with Gasteiger partial charge in [-0.1, -0.05) is 6.07 Å². The van der Waals surface area contributed by atoms with Crippen LogP contribution in [0.15, 0.2) is 42.6 Å². The van der Waals surface area contributed by atoms with Gasteiger partial charge in [0.15, 0.2) is 0 Å². The number of ether oxygens (including phenoxy) is 2. The van der Waals surface area contributed by atoms with E-state index in [0.717, 1.165) is 37.5 Å². The minimum Gasteiger partial charge on any atom is -0.497 e. The van der Waals surface area contributed by atoms with Crippen molar-refractivity contribution in [1.29, 1.82) is 0 Å². The number of rotatable bonds is 6. The van der Waals surface area contributed by atoms with E-state index in [9.17, 15) is 0 Å². The van der Waals surface area contributed by atoms with Crippen molar-refractivity contribution in [2.45, 2.75) is 39.0 Å². The number of piperidine rings is 1. The molecule has 0 radical (unpaired) electrons. The molecule has 1 aliphatic rings. The first-order valence-electron chi connectivity index (χ1n) is 9.62. The Morgan fingerprint density at radius 1 is 1.26 bits per heavy atom. The van der Waals surface area contributed by atoms with Gasteiger partial charge < -0.3 is 14.5 Å². The Balaban J connectivity index is 1.40. The highest BCUT2D eigenvalue weighted by Crippen LogP contribution is 2.27. The summed E-state index contributed by atoms with van der Waals surface area (Å²) < 4.78 is 11.5. The van der Waals surface area contributed by atoms with Gasteiger partial charge in [0, 0.05) is 35.9 Å². The SMILES string of the molecule is COc1ccc2[nH]c(CN3CCC[C@@H](OCc4ccccn4)C3)c(C)c2c1. The number of hydrogen-bond donors (Lipinski definition) is 1. The second kappa shape index (κ2) is 8.11. The Morgan fingerprint density at radius 2 is 2.19 bits per heavy atom. The summed E-state index contributed by atoms with van der Waals surface area (Å²) in [5, 5.41) is 1.24. The van der Waals surface area contributed by atoms with Gasteiger partial charge >= 0.3 is 0 Å². The van der Waals surface area contributed by atoms with Crippen molar-refractivity contribution in [1.82, 2.24) is 14.9 Å². The normalized spacial score (nSPS) is 18.1. The van der Waals surface area contributed by atoms with Crippen LogP contribution < -0.4 is 4.74 Å². The van der Waals surface area contributed by atoms with Crippen LogP contribution in [0.25, 0.3) is 10.9 Å². The highest BCUT2D eigenvalue weighted by Gasteiger charge is 2.22. The highest BCUT2D eigenvalue weighted by molar-refractivity contribution is 5.85. The monoisotopic (exact) mass is 365 g/mol. The molecule has 4 rings (SSSR count). The first-order valence-corrected chi connectivity index (χ1v) is 9.62. The van der Waals surface area contributed by atoms with Crippen LogP contribution in [0.3, 0.4) is 0 Å². The lowest BCUT2D eigenvalue weighted by molar-refractivity contribution is -0.0135. The molecule has 0 unspecified atom stereocenters. The zero-order valence-electron chi connectivity index (χ0n) is 16.1. The standard InChI is InChI=1S/C22H27N3O2/c1-16-20-12-18(26-2)8-9-21(20)24-22(16)14-25-11-5-7-19(13-25)27-15-17-6-3-4-10-23-17/h3-4,6,8-10,12,19,24H,5,7,11,13-15H2,1-2H3/t19-/m1/s1. The molecule has 0 saturated carbocycles. The Labute approximate surface area is 160 Å². The lowest BCUT2D eigenvalue weighted by atomic mass is 10.1. The van der Waals surface area contributed by atoms with E-state index in [2.05, 4.69) is 33.9 Å². The molecule has 0 amide bonds. The first kappa shape index (κ1) is 18.0. The number of likely N-dealkylation sites (tertiary alicyclic amines) is 1. The van der Waals surface area contributed by atoms with Crippen LogP contribution in [-0.2, 0) is 17.9 Å². The van der Waals surface area contributed by atoms with Crippen LogP contribution in [0.1, 0.15) is 29.8 Å². The molecule has 1 aromatic carbocycles. The number of aromatic amines is 1. The summed E-state index contributed by atoms with van der Waals surface area (Å²) >= 11 is 0. The van der Waals surface area contributed by atoms with Gasteiger partial charge in [-0.3, -0.25) is 9.88 Å². The smallest absolute Gasteiger partial charge is 0.119 e. The lowest BCUT2D eigenvalue weighted by Crippen LogP contribution is -2.39. The molecule has 1 aliphatic heterocycles. The largest absolute Gasteiger partial charge is 0.497 e. The van der Waals surface area contributed by atoms with E-state index < -0.39 is 0 Å². The molecule has 0 bridgehead atoms. The topological polar surface area (TPSA) is 50.4 Å². The number of fused-ring (bicyclic) bond motifs is 1. The first-order chi connectivity index (χ1) is 13.2. The number of H-pyrrole nitrogens is 1. The number of methoxy groups -OCH3 is 1. The van der Waals surface area contributed by atoms with Crippen LogP contribution in [-0.4, -0.2) is 41.2 Å². The number of hydrogen-bond acceptors (Lipinski definition) is 4. The number of pyridine rings is 1. The predicted molar refractivity (Wildman–Crippen MR) is 107 cm³/mol. The summed E-state index contributed by atoms with van der Waals surface area (Å²) in [5.74, 6) is 0.900. The van der Waals surface area contributed by atoms with Crippen LogP contribution in [0.4, 0.5) is 0 Å². The molecule has 3 heterocycles. The molecular weight excluding hydrogens is 338 g/mol. The van der Waals surface area contributed by atoms with Crippen molar-refractivity contribution in [3.05, 3.63) is 59.5 Å². The zero-order valence-corrected chi connectivity index (χ0v) is 16.1. The second-order valence-electron chi connectivity index (χ2n) is 7.27. The van der Waals surface area contributed by atoms with Crippen molar-refractivity contribution < 1.29 is 9.47 Å². The Kier molecular flexibility index (Phi) is 5.41. The highest BCUT2D eigenvalue weighted by atomic mass is 16.5. The van der Waals surface area contributed by atoms with Gasteiger partial charge in [-0.2, -0.15) is 0 Å². The second-order valence-corrected chi connectivity index (χ2v) is 7.27. The van der Waals surface area contributed by atoms with Gasteiger partial charge in [0.05, 0.1) is 25.5 Å². The average molecular weight is 365 g/mol. The van der Waals surface area contributed by atoms with E-state index in [4.69, 9.17) is 9.47 Å².